The number of halogens is 2. The van der Waals surface area contributed by atoms with Crippen LogP contribution >= 0.6 is 38.5 Å². The third kappa shape index (κ3) is 1.67. The molecule has 0 spiro atoms. The van der Waals surface area contributed by atoms with Crippen molar-refractivity contribution in [3.05, 3.63) is 14.4 Å². The highest BCUT2D eigenvalue weighted by atomic mass is 127. The summed E-state index contributed by atoms with van der Waals surface area (Å²) in [4.78, 5) is 0. The smallest absolute Gasteiger partial charge is 0.137 e. The summed E-state index contributed by atoms with van der Waals surface area (Å²) in [6, 6.07) is 0.435. The van der Waals surface area contributed by atoms with Crippen LogP contribution in [0.4, 0.5) is 0 Å². The van der Waals surface area contributed by atoms with Crippen molar-refractivity contribution in [3.8, 4) is 0 Å². The van der Waals surface area contributed by atoms with Gasteiger partial charge in [-0.05, 0) is 44.9 Å². The van der Waals surface area contributed by atoms with E-state index in [1.54, 1.807) is 0 Å². The third-order valence-corrected chi connectivity index (χ3v) is 4.04. The number of hydrogen-bond acceptors (Lipinski definition) is 2. The van der Waals surface area contributed by atoms with E-state index >= 15 is 0 Å². The topological polar surface area (TPSA) is 27.1 Å². The zero-order valence-corrected chi connectivity index (χ0v) is 10.1. The molecule has 1 unspecified atom stereocenters. The summed E-state index contributed by atoms with van der Waals surface area (Å²) in [5.41, 5.74) is 0. The maximum absolute atomic E-state index is 5.28. The predicted molar refractivity (Wildman–Crippen MR) is 57.1 cm³/mol. The Morgan fingerprint density at radius 3 is 3.08 bits per heavy atom. The minimum absolute atomic E-state index is 0.435. The SMILES string of the molecule is Brc1cn(C2CCOC2)nc1I. The molecule has 1 aromatic rings. The minimum atomic E-state index is 0.435. The summed E-state index contributed by atoms with van der Waals surface area (Å²) in [6.45, 7) is 1.66. The first-order chi connectivity index (χ1) is 5.77. The van der Waals surface area contributed by atoms with Gasteiger partial charge in [-0.15, -0.1) is 0 Å². The van der Waals surface area contributed by atoms with E-state index < -0.39 is 0 Å². The van der Waals surface area contributed by atoms with Gasteiger partial charge in [-0.1, -0.05) is 0 Å². The average molecular weight is 343 g/mol. The number of nitrogens with zero attached hydrogens (tertiary/aromatic N) is 2. The Morgan fingerprint density at radius 2 is 2.58 bits per heavy atom. The van der Waals surface area contributed by atoms with Crippen LogP contribution in [0.2, 0.25) is 0 Å². The molecule has 0 N–H and O–H groups in total. The van der Waals surface area contributed by atoms with Gasteiger partial charge in [0.05, 0.1) is 17.1 Å². The van der Waals surface area contributed by atoms with Crippen LogP contribution in [-0.4, -0.2) is 23.0 Å². The Balaban J connectivity index is 2.21. The van der Waals surface area contributed by atoms with Crippen LogP contribution in [0.5, 0.6) is 0 Å². The molecule has 1 aliphatic heterocycles. The average Bonchev–Trinajstić information content (AvgIpc) is 2.61. The van der Waals surface area contributed by atoms with Crippen molar-refractivity contribution in [1.82, 2.24) is 9.78 Å². The van der Waals surface area contributed by atoms with Crippen molar-refractivity contribution >= 4 is 38.5 Å². The lowest BCUT2D eigenvalue weighted by atomic mass is 10.3. The monoisotopic (exact) mass is 342 g/mol. The summed E-state index contributed by atoms with van der Waals surface area (Å²) in [5.74, 6) is 0. The van der Waals surface area contributed by atoms with Crippen molar-refractivity contribution in [3.63, 3.8) is 0 Å². The van der Waals surface area contributed by atoms with Crippen LogP contribution in [0.25, 0.3) is 0 Å². The maximum Gasteiger partial charge on any atom is 0.137 e. The van der Waals surface area contributed by atoms with Crippen LogP contribution in [0, 0.1) is 3.70 Å². The second-order valence-corrected chi connectivity index (χ2v) is 4.64. The zero-order valence-electron chi connectivity index (χ0n) is 6.33. The molecule has 5 heteroatoms. The van der Waals surface area contributed by atoms with Crippen molar-refractivity contribution < 1.29 is 4.74 Å². The van der Waals surface area contributed by atoms with E-state index in [2.05, 4.69) is 43.6 Å². The Bertz CT molecular complexity index is 263. The van der Waals surface area contributed by atoms with Crippen molar-refractivity contribution in [2.75, 3.05) is 13.2 Å². The maximum atomic E-state index is 5.28. The van der Waals surface area contributed by atoms with Crippen LogP contribution in [0.1, 0.15) is 12.5 Å². The molecule has 1 aliphatic rings. The van der Waals surface area contributed by atoms with Crippen molar-refractivity contribution in [2.45, 2.75) is 12.5 Å². The summed E-state index contributed by atoms with van der Waals surface area (Å²) in [7, 11) is 0. The van der Waals surface area contributed by atoms with Crippen LogP contribution in [0.15, 0.2) is 10.7 Å². The van der Waals surface area contributed by atoms with E-state index in [4.69, 9.17) is 4.74 Å². The fourth-order valence-electron chi connectivity index (χ4n) is 1.27. The van der Waals surface area contributed by atoms with Crippen LogP contribution < -0.4 is 0 Å². The quantitative estimate of drug-likeness (QED) is 0.732. The zero-order chi connectivity index (χ0) is 8.55. The lowest BCUT2D eigenvalue weighted by molar-refractivity contribution is 0.184. The molecule has 66 valence electrons. The Kier molecular flexibility index (Phi) is 2.71. The Morgan fingerprint density at radius 1 is 1.75 bits per heavy atom. The van der Waals surface area contributed by atoms with Gasteiger partial charge in [0.25, 0.3) is 0 Å². The van der Waals surface area contributed by atoms with E-state index in [-0.39, 0.29) is 0 Å². The van der Waals surface area contributed by atoms with Gasteiger partial charge in [-0.2, -0.15) is 5.10 Å². The molecular weight excluding hydrogens is 335 g/mol. The van der Waals surface area contributed by atoms with Gasteiger partial charge in [0, 0.05) is 12.8 Å². The van der Waals surface area contributed by atoms with E-state index in [0.29, 0.717) is 6.04 Å². The largest absolute Gasteiger partial charge is 0.379 e. The highest BCUT2D eigenvalue weighted by Crippen LogP contribution is 2.23. The molecule has 1 aromatic heterocycles. The molecule has 0 bridgehead atoms. The summed E-state index contributed by atoms with van der Waals surface area (Å²) >= 11 is 5.64. The Labute approximate surface area is 92.7 Å². The van der Waals surface area contributed by atoms with Gasteiger partial charge in [-0.25, -0.2) is 0 Å². The van der Waals surface area contributed by atoms with Crippen molar-refractivity contribution in [1.29, 1.82) is 0 Å². The molecule has 0 aromatic carbocycles. The van der Waals surface area contributed by atoms with E-state index in [0.717, 1.165) is 27.8 Å². The Hall–Kier alpha value is 0.380. The summed E-state index contributed by atoms with van der Waals surface area (Å²) in [6.07, 6.45) is 3.09. The van der Waals surface area contributed by atoms with Gasteiger partial charge in [0.1, 0.15) is 3.70 Å². The molecule has 1 saturated heterocycles. The second-order valence-electron chi connectivity index (χ2n) is 2.77. The fourth-order valence-corrected chi connectivity index (χ4v) is 1.94. The normalized spacial score (nSPS) is 23.3. The molecule has 12 heavy (non-hydrogen) atoms. The van der Waals surface area contributed by atoms with Gasteiger partial charge in [-0.3, -0.25) is 4.68 Å². The van der Waals surface area contributed by atoms with Crippen molar-refractivity contribution in [2.24, 2.45) is 0 Å². The van der Waals surface area contributed by atoms with Gasteiger partial charge < -0.3 is 4.74 Å². The molecule has 1 fully saturated rings. The highest BCUT2D eigenvalue weighted by Gasteiger charge is 2.19. The molecule has 0 aliphatic carbocycles. The van der Waals surface area contributed by atoms with Gasteiger partial charge in [0.2, 0.25) is 0 Å². The molecule has 1 atom stereocenters. The number of ether oxygens (including phenoxy) is 1. The van der Waals surface area contributed by atoms with Gasteiger partial charge >= 0.3 is 0 Å². The molecule has 3 nitrogen and oxygen atoms in total. The second kappa shape index (κ2) is 3.63. The summed E-state index contributed by atoms with van der Waals surface area (Å²) < 4.78 is 9.35. The molecular formula is C7H8BrIN2O. The molecule has 2 rings (SSSR count). The molecule has 0 saturated carbocycles. The van der Waals surface area contributed by atoms with Crippen LogP contribution in [-0.2, 0) is 4.74 Å². The first-order valence-corrected chi connectivity index (χ1v) is 5.62. The van der Waals surface area contributed by atoms with Gasteiger partial charge in [0.15, 0.2) is 0 Å². The third-order valence-electron chi connectivity index (χ3n) is 1.93. The fraction of sp³-hybridized carbons (Fsp3) is 0.571. The first-order valence-electron chi connectivity index (χ1n) is 3.75. The van der Waals surface area contributed by atoms with E-state index in [1.807, 2.05) is 10.9 Å². The predicted octanol–water partition coefficient (Wildman–Crippen LogP) is 2.21. The standard InChI is InChI=1S/C7H8BrIN2O/c8-6-3-11(10-7(6)9)5-1-2-12-4-5/h3,5H,1-2,4H2. The number of aromatic nitrogens is 2. The lowest BCUT2D eigenvalue weighted by Crippen LogP contribution is -2.08. The molecule has 0 radical (unpaired) electrons. The number of rotatable bonds is 1. The molecule has 0 amide bonds. The molecule has 2 heterocycles. The van der Waals surface area contributed by atoms with E-state index in [9.17, 15) is 0 Å². The highest BCUT2D eigenvalue weighted by molar-refractivity contribution is 14.1. The lowest BCUT2D eigenvalue weighted by Gasteiger charge is -2.06. The minimum Gasteiger partial charge on any atom is -0.379 e. The number of hydrogen-bond donors (Lipinski definition) is 0. The first kappa shape index (κ1) is 8.96. The van der Waals surface area contributed by atoms with Crippen LogP contribution in [0.3, 0.4) is 0 Å². The van der Waals surface area contributed by atoms with E-state index in [1.165, 1.54) is 0 Å². The summed E-state index contributed by atoms with van der Waals surface area (Å²) in [5, 5.41) is 4.37.